The van der Waals surface area contributed by atoms with Crippen molar-refractivity contribution in [1.29, 1.82) is 0 Å². The summed E-state index contributed by atoms with van der Waals surface area (Å²) in [5.74, 6) is 1.85. The van der Waals surface area contributed by atoms with Crippen LogP contribution in [0.3, 0.4) is 0 Å². The second-order valence-electron chi connectivity index (χ2n) is 7.97. The molecule has 2 N–H and O–H groups in total. The third kappa shape index (κ3) is 3.07. The van der Waals surface area contributed by atoms with Crippen LogP contribution in [0.5, 0.6) is 0 Å². The minimum Gasteiger partial charge on any atom is -0.361 e. The van der Waals surface area contributed by atoms with Gasteiger partial charge in [0.15, 0.2) is 0 Å². The van der Waals surface area contributed by atoms with Crippen molar-refractivity contribution in [3.8, 4) is 0 Å². The number of likely N-dealkylation sites (N-methyl/N-ethyl adjacent to an activating group) is 1. The molecule has 5 nitrogen and oxygen atoms in total. The fourth-order valence-electron chi connectivity index (χ4n) is 5.08. The highest BCUT2D eigenvalue weighted by atomic mass is 32.1. The van der Waals surface area contributed by atoms with Crippen molar-refractivity contribution in [2.45, 2.75) is 37.6 Å². The van der Waals surface area contributed by atoms with Gasteiger partial charge in [-0.15, -0.1) is 0 Å². The average Bonchev–Trinajstić information content (AvgIpc) is 3.32. The molecule has 1 saturated heterocycles. The fourth-order valence-corrected chi connectivity index (χ4v) is 5.55. The molecule has 0 saturated carbocycles. The first kappa shape index (κ1) is 17.0. The number of nitrogens with one attached hydrogen (secondary N) is 2. The van der Waals surface area contributed by atoms with Crippen LogP contribution in [0.25, 0.3) is 10.9 Å². The summed E-state index contributed by atoms with van der Waals surface area (Å²) in [6.07, 6.45) is 5.97. The molecule has 0 radical (unpaired) electrons. The van der Waals surface area contributed by atoms with E-state index in [-0.39, 0.29) is 5.91 Å². The summed E-state index contributed by atoms with van der Waals surface area (Å²) in [5, 5.41) is 6.22. The van der Waals surface area contributed by atoms with Crippen LogP contribution >= 0.6 is 11.5 Å². The summed E-state index contributed by atoms with van der Waals surface area (Å²) >= 11 is 1.36. The van der Waals surface area contributed by atoms with Crippen LogP contribution in [0.15, 0.2) is 35.8 Å². The smallest absolute Gasteiger partial charge is 0.225 e. The van der Waals surface area contributed by atoms with Gasteiger partial charge < -0.3 is 15.2 Å². The molecule has 3 atom stereocenters. The molecule has 6 heteroatoms. The van der Waals surface area contributed by atoms with Gasteiger partial charge in [-0.1, -0.05) is 12.1 Å². The van der Waals surface area contributed by atoms with E-state index in [0.717, 1.165) is 19.4 Å². The SMILES string of the molecule is CN1C[C@H](CCC(=O)Nc2ccsn2)CC2c3cccc4[nH]cc(c34)C[C@H]21. The van der Waals surface area contributed by atoms with Crippen molar-refractivity contribution < 1.29 is 4.79 Å². The molecular formula is C21H24N4OS. The molecule has 3 heterocycles. The molecule has 1 amide bonds. The molecule has 1 unspecified atom stereocenters. The Morgan fingerprint density at radius 1 is 1.41 bits per heavy atom. The van der Waals surface area contributed by atoms with Crippen molar-refractivity contribution in [1.82, 2.24) is 14.3 Å². The number of carbonyl (C=O) groups excluding carboxylic acids is 1. The summed E-state index contributed by atoms with van der Waals surface area (Å²) in [6, 6.07) is 9.07. The molecular weight excluding hydrogens is 356 g/mol. The number of rotatable bonds is 4. The molecule has 1 fully saturated rings. The second-order valence-corrected chi connectivity index (χ2v) is 8.64. The Kier molecular flexibility index (Phi) is 4.25. The molecule has 27 heavy (non-hydrogen) atoms. The number of carbonyl (C=O) groups is 1. The van der Waals surface area contributed by atoms with Crippen LogP contribution in [-0.4, -0.2) is 39.8 Å². The minimum atomic E-state index is 0.0735. The average molecular weight is 381 g/mol. The van der Waals surface area contributed by atoms with Crippen LogP contribution in [0.2, 0.25) is 0 Å². The normalized spacial score (nSPS) is 24.7. The van der Waals surface area contributed by atoms with Crippen molar-refractivity contribution in [2.75, 3.05) is 18.9 Å². The minimum absolute atomic E-state index is 0.0735. The molecule has 2 aliphatic rings. The quantitative estimate of drug-likeness (QED) is 0.719. The molecule has 5 rings (SSSR count). The number of aromatic nitrogens is 2. The number of fused-ring (bicyclic) bond motifs is 2. The zero-order chi connectivity index (χ0) is 18.4. The lowest BCUT2D eigenvalue weighted by atomic mass is 9.71. The maximum absolute atomic E-state index is 12.2. The Hall–Kier alpha value is -2.18. The van der Waals surface area contributed by atoms with E-state index >= 15 is 0 Å². The summed E-state index contributed by atoms with van der Waals surface area (Å²) < 4.78 is 4.15. The molecule has 2 aromatic heterocycles. The number of amides is 1. The zero-order valence-corrected chi connectivity index (χ0v) is 16.3. The van der Waals surface area contributed by atoms with Crippen molar-refractivity contribution in [3.63, 3.8) is 0 Å². The van der Waals surface area contributed by atoms with Gasteiger partial charge in [-0.05, 0) is 67.0 Å². The number of likely N-dealkylation sites (tertiary alicyclic amines) is 1. The highest BCUT2D eigenvalue weighted by molar-refractivity contribution is 7.03. The van der Waals surface area contributed by atoms with Crippen molar-refractivity contribution >= 4 is 34.2 Å². The van der Waals surface area contributed by atoms with Crippen molar-refractivity contribution in [2.24, 2.45) is 5.92 Å². The lowest BCUT2D eigenvalue weighted by Gasteiger charge is -2.45. The molecule has 3 aromatic rings. The highest BCUT2D eigenvalue weighted by Crippen LogP contribution is 2.44. The van der Waals surface area contributed by atoms with Gasteiger partial charge in [0.25, 0.3) is 0 Å². The number of piperidine rings is 1. The number of benzene rings is 1. The third-order valence-electron chi connectivity index (χ3n) is 6.30. The van der Waals surface area contributed by atoms with E-state index in [1.807, 2.05) is 11.4 Å². The van der Waals surface area contributed by atoms with E-state index in [2.05, 4.69) is 51.0 Å². The first-order valence-corrected chi connectivity index (χ1v) is 10.5. The van der Waals surface area contributed by atoms with E-state index in [1.165, 1.54) is 40.0 Å². The molecule has 0 spiro atoms. The lowest BCUT2D eigenvalue weighted by Crippen LogP contribution is -2.47. The van der Waals surface area contributed by atoms with E-state index in [1.54, 1.807) is 0 Å². The Morgan fingerprint density at radius 3 is 3.19 bits per heavy atom. The monoisotopic (exact) mass is 380 g/mol. The Bertz CT molecular complexity index is 964. The van der Waals surface area contributed by atoms with Gasteiger partial charge in [0.1, 0.15) is 5.82 Å². The maximum atomic E-state index is 12.2. The number of hydrogen-bond acceptors (Lipinski definition) is 4. The number of H-pyrrole nitrogens is 1. The van der Waals surface area contributed by atoms with Gasteiger partial charge >= 0.3 is 0 Å². The standard InChI is InChI=1S/C21H24N4OS/c1-25-12-13(5-6-20(26)23-19-7-8-27-24-19)9-16-15-3-2-4-17-21(15)14(11-22-17)10-18(16)25/h2-4,7-8,11,13,16,18,22H,5-6,9-10,12H2,1H3,(H,23,24,26)/t13-,16?,18-/m1/s1. The van der Waals surface area contributed by atoms with Crippen LogP contribution in [0.1, 0.15) is 36.3 Å². The first-order valence-electron chi connectivity index (χ1n) is 9.68. The predicted molar refractivity (Wildman–Crippen MR) is 109 cm³/mol. The van der Waals surface area contributed by atoms with Crippen molar-refractivity contribution in [3.05, 3.63) is 47.0 Å². The van der Waals surface area contributed by atoms with E-state index in [4.69, 9.17) is 0 Å². The number of hydrogen-bond donors (Lipinski definition) is 2. The number of nitrogens with zero attached hydrogens (tertiary/aromatic N) is 2. The maximum Gasteiger partial charge on any atom is 0.225 e. The van der Waals surface area contributed by atoms with Crippen LogP contribution in [0.4, 0.5) is 5.82 Å². The zero-order valence-electron chi connectivity index (χ0n) is 15.4. The number of aromatic amines is 1. The summed E-state index contributed by atoms with van der Waals surface area (Å²) in [6.45, 7) is 1.07. The van der Waals surface area contributed by atoms with Gasteiger partial charge in [-0.2, -0.15) is 4.37 Å². The highest BCUT2D eigenvalue weighted by Gasteiger charge is 2.39. The van der Waals surface area contributed by atoms with Gasteiger partial charge in [0.05, 0.1) is 0 Å². The van der Waals surface area contributed by atoms with Crippen LogP contribution in [0, 0.1) is 5.92 Å². The topological polar surface area (TPSA) is 61.0 Å². The molecule has 140 valence electrons. The van der Waals surface area contributed by atoms with Gasteiger partial charge in [-0.3, -0.25) is 4.79 Å². The summed E-state index contributed by atoms with van der Waals surface area (Å²) in [5.41, 5.74) is 4.20. The third-order valence-corrected chi connectivity index (χ3v) is 6.86. The molecule has 1 aromatic carbocycles. The van der Waals surface area contributed by atoms with E-state index in [9.17, 15) is 4.79 Å². The summed E-state index contributed by atoms with van der Waals surface area (Å²) in [7, 11) is 2.25. The fraction of sp³-hybridized carbons (Fsp3) is 0.429. The van der Waals surface area contributed by atoms with Gasteiger partial charge in [0, 0.05) is 47.4 Å². The molecule has 0 bridgehead atoms. The van der Waals surface area contributed by atoms with Gasteiger partial charge in [0.2, 0.25) is 5.91 Å². The molecule has 1 aliphatic heterocycles. The summed E-state index contributed by atoms with van der Waals surface area (Å²) in [4.78, 5) is 18.2. The first-order chi connectivity index (χ1) is 13.2. The lowest BCUT2D eigenvalue weighted by molar-refractivity contribution is -0.116. The largest absolute Gasteiger partial charge is 0.361 e. The van der Waals surface area contributed by atoms with Gasteiger partial charge in [-0.25, -0.2) is 0 Å². The Balaban J connectivity index is 1.30. The molecule has 1 aliphatic carbocycles. The number of anilines is 1. The van der Waals surface area contributed by atoms with E-state index < -0.39 is 0 Å². The van der Waals surface area contributed by atoms with Crippen LogP contribution < -0.4 is 5.32 Å². The Labute approximate surface area is 162 Å². The van der Waals surface area contributed by atoms with E-state index in [0.29, 0.717) is 30.1 Å². The predicted octanol–water partition coefficient (Wildman–Crippen LogP) is 4.00. The van der Waals surface area contributed by atoms with Crippen LogP contribution in [-0.2, 0) is 11.2 Å². The second kappa shape index (κ2) is 6.77. The Morgan fingerprint density at radius 2 is 2.33 bits per heavy atom.